The van der Waals surface area contributed by atoms with Crippen LogP contribution in [0.5, 0.6) is 0 Å². The van der Waals surface area contributed by atoms with Gasteiger partial charge < -0.3 is 5.32 Å². The number of aryl methyl sites for hydroxylation is 2. The molecule has 1 rings (SSSR count). The van der Waals surface area contributed by atoms with E-state index in [0.29, 0.717) is 6.04 Å². The van der Waals surface area contributed by atoms with Crippen LogP contribution in [-0.2, 0) is 0 Å². The maximum Gasteiger partial charge on any atom is 0.0104 e. The fraction of sp³-hybridized carbons (Fsp3) is 0.600. The minimum atomic E-state index is 0.652. The third-order valence-electron chi connectivity index (χ3n) is 2.94. The van der Waals surface area contributed by atoms with Crippen LogP contribution in [0.25, 0.3) is 0 Å². The molecule has 0 aliphatic heterocycles. The summed E-state index contributed by atoms with van der Waals surface area (Å²) in [6.45, 7) is 9.87. The molecule has 1 N–H and O–H groups in total. The van der Waals surface area contributed by atoms with Crippen LogP contribution in [0.15, 0.2) is 23.1 Å². The zero-order valence-electron chi connectivity index (χ0n) is 11.5. The van der Waals surface area contributed by atoms with E-state index >= 15 is 0 Å². The second-order valence-corrected chi connectivity index (χ2v) is 5.86. The van der Waals surface area contributed by atoms with Crippen LogP contribution in [0, 0.1) is 13.8 Å². The van der Waals surface area contributed by atoms with Gasteiger partial charge in [-0.2, -0.15) is 0 Å². The Morgan fingerprint density at radius 2 is 2.06 bits per heavy atom. The van der Waals surface area contributed by atoms with Crippen LogP contribution in [0.2, 0.25) is 0 Å². The third-order valence-corrected chi connectivity index (χ3v) is 4.18. The highest BCUT2D eigenvalue weighted by Crippen LogP contribution is 2.24. The SMILES string of the molecule is CCNC(C)CCCSc1cc(C)ccc1C. The fourth-order valence-electron chi connectivity index (χ4n) is 1.88. The molecular formula is C15H25NS. The highest BCUT2D eigenvalue weighted by Gasteiger charge is 2.02. The summed E-state index contributed by atoms with van der Waals surface area (Å²) in [5.74, 6) is 1.22. The molecule has 0 saturated heterocycles. The Bertz CT molecular complexity index is 336. The lowest BCUT2D eigenvalue weighted by Crippen LogP contribution is -2.25. The zero-order valence-corrected chi connectivity index (χ0v) is 12.4. The van der Waals surface area contributed by atoms with Crippen molar-refractivity contribution in [3.8, 4) is 0 Å². The quantitative estimate of drug-likeness (QED) is 0.576. The predicted octanol–water partition coefficient (Wildman–Crippen LogP) is 4.17. The van der Waals surface area contributed by atoms with Crippen molar-refractivity contribution in [2.75, 3.05) is 12.3 Å². The minimum absolute atomic E-state index is 0.652. The Kier molecular flexibility index (Phi) is 6.68. The van der Waals surface area contributed by atoms with Crippen molar-refractivity contribution in [1.82, 2.24) is 5.32 Å². The highest BCUT2D eigenvalue weighted by atomic mass is 32.2. The molecule has 1 unspecified atom stereocenters. The van der Waals surface area contributed by atoms with E-state index in [2.05, 4.69) is 51.2 Å². The molecule has 0 heterocycles. The van der Waals surface area contributed by atoms with Gasteiger partial charge in [0.15, 0.2) is 0 Å². The summed E-state index contributed by atoms with van der Waals surface area (Å²) in [4.78, 5) is 1.45. The first-order valence-electron chi connectivity index (χ1n) is 6.57. The number of benzene rings is 1. The molecule has 0 bridgehead atoms. The summed E-state index contributed by atoms with van der Waals surface area (Å²) in [6.07, 6.45) is 2.55. The lowest BCUT2D eigenvalue weighted by molar-refractivity contribution is 0.526. The highest BCUT2D eigenvalue weighted by molar-refractivity contribution is 7.99. The molecule has 0 aromatic heterocycles. The van der Waals surface area contributed by atoms with Crippen LogP contribution >= 0.6 is 11.8 Å². The van der Waals surface area contributed by atoms with Gasteiger partial charge in [0.25, 0.3) is 0 Å². The first-order chi connectivity index (χ1) is 8.13. The van der Waals surface area contributed by atoms with Gasteiger partial charge >= 0.3 is 0 Å². The summed E-state index contributed by atoms with van der Waals surface area (Å²) >= 11 is 1.99. The van der Waals surface area contributed by atoms with E-state index in [1.54, 1.807) is 0 Å². The molecule has 0 spiro atoms. The van der Waals surface area contributed by atoms with Gasteiger partial charge in [0, 0.05) is 10.9 Å². The molecule has 0 aliphatic carbocycles. The summed E-state index contributed by atoms with van der Waals surface area (Å²) < 4.78 is 0. The number of hydrogen-bond acceptors (Lipinski definition) is 2. The van der Waals surface area contributed by atoms with E-state index in [1.165, 1.54) is 34.6 Å². The van der Waals surface area contributed by atoms with Gasteiger partial charge in [-0.3, -0.25) is 0 Å². The van der Waals surface area contributed by atoms with Crippen molar-refractivity contribution in [1.29, 1.82) is 0 Å². The molecule has 1 nitrogen and oxygen atoms in total. The van der Waals surface area contributed by atoms with Crippen LogP contribution in [0.3, 0.4) is 0 Å². The van der Waals surface area contributed by atoms with E-state index in [9.17, 15) is 0 Å². The maximum atomic E-state index is 3.46. The molecule has 2 heteroatoms. The van der Waals surface area contributed by atoms with Crippen molar-refractivity contribution < 1.29 is 0 Å². The molecule has 17 heavy (non-hydrogen) atoms. The minimum Gasteiger partial charge on any atom is -0.315 e. The van der Waals surface area contributed by atoms with Crippen LogP contribution < -0.4 is 5.32 Å². The summed E-state index contributed by atoms with van der Waals surface area (Å²) in [5.41, 5.74) is 2.76. The van der Waals surface area contributed by atoms with Crippen molar-refractivity contribution in [2.45, 2.75) is 51.5 Å². The molecule has 0 radical (unpaired) electrons. The molecule has 0 aliphatic rings. The fourth-order valence-corrected chi connectivity index (χ4v) is 2.98. The van der Waals surface area contributed by atoms with E-state index < -0.39 is 0 Å². The maximum absolute atomic E-state index is 3.46. The van der Waals surface area contributed by atoms with Crippen LogP contribution in [-0.4, -0.2) is 18.3 Å². The second kappa shape index (κ2) is 7.78. The molecule has 1 aromatic rings. The van der Waals surface area contributed by atoms with Gasteiger partial charge in [-0.1, -0.05) is 24.6 Å². The predicted molar refractivity (Wildman–Crippen MR) is 79.0 cm³/mol. The largest absolute Gasteiger partial charge is 0.315 e. The number of hydrogen-bond donors (Lipinski definition) is 1. The second-order valence-electron chi connectivity index (χ2n) is 4.72. The van der Waals surface area contributed by atoms with Gasteiger partial charge in [-0.15, -0.1) is 11.8 Å². The summed E-state index contributed by atoms with van der Waals surface area (Å²) in [7, 11) is 0. The van der Waals surface area contributed by atoms with E-state index in [-0.39, 0.29) is 0 Å². The van der Waals surface area contributed by atoms with Crippen molar-refractivity contribution in [3.05, 3.63) is 29.3 Å². The van der Waals surface area contributed by atoms with Crippen molar-refractivity contribution in [2.24, 2.45) is 0 Å². The average Bonchev–Trinajstić information content (AvgIpc) is 2.29. The molecular weight excluding hydrogens is 226 g/mol. The zero-order chi connectivity index (χ0) is 12.7. The molecule has 1 atom stereocenters. The summed E-state index contributed by atoms with van der Waals surface area (Å²) in [5, 5.41) is 3.46. The molecule has 1 aromatic carbocycles. The Morgan fingerprint density at radius 3 is 2.76 bits per heavy atom. The lowest BCUT2D eigenvalue weighted by Gasteiger charge is -2.12. The van der Waals surface area contributed by atoms with Crippen LogP contribution in [0.1, 0.15) is 37.8 Å². The average molecular weight is 251 g/mol. The summed E-state index contributed by atoms with van der Waals surface area (Å²) in [6, 6.07) is 7.36. The van der Waals surface area contributed by atoms with Gasteiger partial charge in [0.1, 0.15) is 0 Å². The van der Waals surface area contributed by atoms with E-state index in [4.69, 9.17) is 0 Å². The Balaban J connectivity index is 2.28. The Labute approximate surface area is 110 Å². The van der Waals surface area contributed by atoms with Gasteiger partial charge in [0.05, 0.1) is 0 Å². The van der Waals surface area contributed by atoms with Crippen LogP contribution in [0.4, 0.5) is 0 Å². The first kappa shape index (κ1) is 14.6. The molecule has 96 valence electrons. The smallest absolute Gasteiger partial charge is 0.0104 e. The Morgan fingerprint density at radius 1 is 1.29 bits per heavy atom. The number of nitrogens with one attached hydrogen (secondary N) is 1. The topological polar surface area (TPSA) is 12.0 Å². The van der Waals surface area contributed by atoms with Gasteiger partial charge in [-0.05, 0) is 57.5 Å². The van der Waals surface area contributed by atoms with Gasteiger partial charge in [0.2, 0.25) is 0 Å². The lowest BCUT2D eigenvalue weighted by atomic mass is 10.2. The van der Waals surface area contributed by atoms with Crippen molar-refractivity contribution >= 4 is 11.8 Å². The molecule has 0 saturated carbocycles. The standard InChI is InChI=1S/C15H25NS/c1-5-16-14(4)7-6-10-17-15-11-12(2)8-9-13(15)3/h8-9,11,14,16H,5-7,10H2,1-4H3. The molecule has 0 amide bonds. The first-order valence-corrected chi connectivity index (χ1v) is 7.55. The third kappa shape index (κ3) is 5.60. The van der Waals surface area contributed by atoms with E-state index in [0.717, 1.165) is 6.54 Å². The van der Waals surface area contributed by atoms with Gasteiger partial charge in [-0.25, -0.2) is 0 Å². The van der Waals surface area contributed by atoms with Crippen molar-refractivity contribution in [3.63, 3.8) is 0 Å². The number of thioether (sulfide) groups is 1. The van der Waals surface area contributed by atoms with E-state index in [1.807, 2.05) is 11.8 Å². The monoisotopic (exact) mass is 251 g/mol. The number of rotatable bonds is 7. The molecule has 0 fully saturated rings. The normalized spacial score (nSPS) is 12.7. The Hall–Kier alpha value is -0.470.